The maximum absolute atomic E-state index is 12.2. The van der Waals surface area contributed by atoms with Gasteiger partial charge in [-0.3, -0.25) is 14.8 Å². The summed E-state index contributed by atoms with van der Waals surface area (Å²) in [4.78, 5) is 9.72. The molecule has 0 unspecified atom stereocenters. The Morgan fingerprint density at radius 2 is 2.10 bits per heavy atom. The number of nitro groups is 1. The number of sulfonamides is 1. The summed E-state index contributed by atoms with van der Waals surface area (Å²) in [7, 11) is -2.55. The van der Waals surface area contributed by atoms with Crippen molar-refractivity contribution in [3.63, 3.8) is 0 Å². The molecule has 2 aromatic rings. The molecule has 0 atom stereocenters. The van der Waals surface area contributed by atoms with E-state index < -0.39 is 25.5 Å². The zero-order chi connectivity index (χ0) is 14.8. The van der Waals surface area contributed by atoms with Crippen LogP contribution in [-0.4, -0.2) is 25.5 Å². The highest BCUT2D eigenvalue weighted by Gasteiger charge is 2.26. The zero-order valence-corrected chi connectivity index (χ0v) is 11.0. The fourth-order valence-electron chi connectivity index (χ4n) is 1.50. The van der Waals surface area contributed by atoms with Gasteiger partial charge in [-0.05, 0) is 12.1 Å². The molecule has 1 heterocycles. The maximum atomic E-state index is 12.2. The van der Waals surface area contributed by atoms with Gasteiger partial charge in [-0.25, -0.2) is 8.42 Å². The Morgan fingerprint density at radius 3 is 2.65 bits per heavy atom. The third-order valence-corrected chi connectivity index (χ3v) is 3.83. The molecule has 1 aromatic carbocycles. The molecule has 0 saturated heterocycles. The van der Waals surface area contributed by atoms with E-state index >= 15 is 0 Å². The minimum atomic E-state index is -4.12. The van der Waals surface area contributed by atoms with E-state index in [1.807, 2.05) is 0 Å². The number of aromatic nitrogens is 1. The minimum Gasteiger partial charge on any atom is -0.388 e. The van der Waals surface area contributed by atoms with Gasteiger partial charge in [0.25, 0.3) is 15.7 Å². The highest BCUT2D eigenvalue weighted by Crippen LogP contribution is 2.28. The standard InChI is InChI=1S/C10H10N4O5S/c1-11-7-2-3-9(14(15)16)10(4-7)20(17,18)13-8-5-12-19-6-8/h2-6,11,13H,1H3. The summed E-state index contributed by atoms with van der Waals surface area (Å²) in [5.41, 5.74) is -0.0107. The molecule has 0 bridgehead atoms. The van der Waals surface area contributed by atoms with Gasteiger partial charge in [-0.15, -0.1) is 0 Å². The van der Waals surface area contributed by atoms with E-state index in [2.05, 4.69) is 19.7 Å². The van der Waals surface area contributed by atoms with Gasteiger partial charge in [-0.2, -0.15) is 0 Å². The molecule has 0 aliphatic carbocycles. The number of hydrogen-bond donors (Lipinski definition) is 2. The number of nitrogens with zero attached hydrogens (tertiary/aromatic N) is 2. The molecule has 2 rings (SSSR count). The Kier molecular flexibility index (Phi) is 3.57. The third-order valence-electron chi connectivity index (χ3n) is 2.42. The second-order valence-corrected chi connectivity index (χ2v) is 5.36. The topological polar surface area (TPSA) is 127 Å². The number of hydrogen-bond acceptors (Lipinski definition) is 7. The van der Waals surface area contributed by atoms with Crippen LogP contribution in [0.25, 0.3) is 0 Å². The minimum absolute atomic E-state index is 0.0779. The van der Waals surface area contributed by atoms with Crippen molar-refractivity contribution in [2.45, 2.75) is 4.90 Å². The lowest BCUT2D eigenvalue weighted by atomic mass is 10.3. The quantitative estimate of drug-likeness (QED) is 0.631. The van der Waals surface area contributed by atoms with Gasteiger partial charge in [0.05, 0.1) is 11.1 Å². The highest BCUT2D eigenvalue weighted by atomic mass is 32.2. The van der Waals surface area contributed by atoms with Gasteiger partial charge >= 0.3 is 0 Å². The molecule has 10 heteroatoms. The maximum Gasteiger partial charge on any atom is 0.290 e. The van der Waals surface area contributed by atoms with Crippen molar-refractivity contribution < 1.29 is 17.9 Å². The van der Waals surface area contributed by atoms with Crippen LogP contribution in [0.4, 0.5) is 17.1 Å². The number of benzene rings is 1. The second kappa shape index (κ2) is 5.17. The molecule has 0 fully saturated rings. The Bertz CT molecular complexity index is 726. The lowest BCUT2D eigenvalue weighted by Gasteiger charge is -2.08. The first-order valence-corrected chi connectivity index (χ1v) is 6.81. The van der Waals surface area contributed by atoms with Crippen molar-refractivity contribution in [3.05, 3.63) is 40.8 Å². The predicted octanol–water partition coefficient (Wildman–Crippen LogP) is 1.43. The van der Waals surface area contributed by atoms with Gasteiger partial charge in [0.15, 0.2) is 4.90 Å². The molecular formula is C10H10N4O5S. The Balaban J connectivity index is 2.51. The van der Waals surface area contributed by atoms with Crippen LogP contribution in [-0.2, 0) is 10.0 Å². The van der Waals surface area contributed by atoms with Gasteiger partial charge < -0.3 is 9.84 Å². The molecule has 1 aromatic heterocycles. The summed E-state index contributed by atoms with van der Waals surface area (Å²) in [6.07, 6.45) is 2.22. The Labute approximate surface area is 113 Å². The summed E-state index contributed by atoms with van der Waals surface area (Å²) in [6, 6.07) is 3.71. The number of rotatable bonds is 5. The molecule has 0 spiro atoms. The summed E-state index contributed by atoms with van der Waals surface area (Å²) in [5, 5.41) is 17.0. The molecule has 0 aliphatic heterocycles. The van der Waals surface area contributed by atoms with Gasteiger partial charge in [0.1, 0.15) is 12.0 Å². The average Bonchev–Trinajstić information content (AvgIpc) is 2.90. The van der Waals surface area contributed by atoms with Crippen molar-refractivity contribution in [2.24, 2.45) is 0 Å². The van der Waals surface area contributed by atoms with Crippen LogP contribution in [0, 0.1) is 10.1 Å². The van der Waals surface area contributed by atoms with Crippen LogP contribution >= 0.6 is 0 Å². The van der Waals surface area contributed by atoms with Crippen molar-refractivity contribution in [1.29, 1.82) is 0 Å². The van der Waals surface area contributed by atoms with E-state index in [0.29, 0.717) is 5.69 Å². The Morgan fingerprint density at radius 1 is 1.35 bits per heavy atom. The van der Waals surface area contributed by atoms with E-state index in [-0.39, 0.29) is 5.69 Å². The number of nitrogens with one attached hydrogen (secondary N) is 2. The van der Waals surface area contributed by atoms with E-state index in [1.165, 1.54) is 12.1 Å². The van der Waals surface area contributed by atoms with Crippen LogP contribution < -0.4 is 10.0 Å². The number of nitro benzene ring substituents is 1. The highest BCUT2D eigenvalue weighted by molar-refractivity contribution is 7.92. The third kappa shape index (κ3) is 2.69. The second-order valence-electron chi connectivity index (χ2n) is 3.71. The molecule has 0 aliphatic rings. The Hall–Kier alpha value is -2.62. The van der Waals surface area contributed by atoms with E-state index in [0.717, 1.165) is 18.5 Å². The SMILES string of the molecule is CNc1ccc([N+](=O)[O-])c(S(=O)(=O)Nc2cnoc2)c1. The van der Waals surface area contributed by atoms with Crippen molar-refractivity contribution in [2.75, 3.05) is 17.1 Å². The molecule has 0 amide bonds. The normalized spacial score (nSPS) is 11.1. The molecular weight excluding hydrogens is 288 g/mol. The molecule has 106 valence electrons. The van der Waals surface area contributed by atoms with Gasteiger partial charge in [0, 0.05) is 18.8 Å². The van der Waals surface area contributed by atoms with Crippen LogP contribution in [0.2, 0.25) is 0 Å². The van der Waals surface area contributed by atoms with Gasteiger partial charge in [-0.1, -0.05) is 5.16 Å². The summed E-state index contributed by atoms with van der Waals surface area (Å²) in [6.45, 7) is 0. The van der Waals surface area contributed by atoms with E-state index in [4.69, 9.17) is 0 Å². The molecule has 20 heavy (non-hydrogen) atoms. The summed E-state index contributed by atoms with van der Waals surface area (Å²) >= 11 is 0. The first-order chi connectivity index (χ1) is 9.44. The van der Waals surface area contributed by atoms with Gasteiger partial charge in [0.2, 0.25) is 0 Å². The van der Waals surface area contributed by atoms with E-state index in [1.54, 1.807) is 7.05 Å². The number of anilines is 2. The molecule has 9 nitrogen and oxygen atoms in total. The first-order valence-electron chi connectivity index (χ1n) is 5.32. The molecule has 2 N–H and O–H groups in total. The fourth-order valence-corrected chi connectivity index (χ4v) is 2.72. The summed E-state index contributed by atoms with van der Waals surface area (Å²) in [5.74, 6) is 0. The van der Waals surface area contributed by atoms with Crippen LogP contribution in [0.15, 0.2) is 40.1 Å². The summed E-state index contributed by atoms with van der Waals surface area (Å²) < 4.78 is 31.0. The monoisotopic (exact) mass is 298 g/mol. The molecule has 0 saturated carbocycles. The van der Waals surface area contributed by atoms with Crippen molar-refractivity contribution in [1.82, 2.24) is 5.16 Å². The zero-order valence-electron chi connectivity index (χ0n) is 10.2. The fraction of sp³-hybridized carbons (Fsp3) is 0.100. The lowest BCUT2D eigenvalue weighted by Crippen LogP contribution is -2.14. The van der Waals surface area contributed by atoms with E-state index in [9.17, 15) is 18.5 Å². The average molecular weight is 298 g/mol. The molecule has 0 radical (unpaired) electrons. The smallest absolute Gasteiger partial charge is 0.290 e. The van der Waals surface area contributed by atoms with Crippen LogP contribution in [0.1, 0.15) is 0 Å². The predicted molar refractivity (Wildman–Crippen MR) is 70.0 cm³/mol. The van der Waals surface area contributed by atoms with Crippen molar-refractivity contribution >= 4 is 27.1 Å². The van der Waals surface area contributed by atoms with Crippen LogP contribution in [0.5, 0.6) is 0 Å². The largest absolute Gasteiger partial charge is 0.388 e. The van der Waals surface area contributed by atoms with Crippen molar-refractivity contribution in [3.8, 4) is 0 Å². The van der Waals surface area contributed by atoms with Crippen LogP contribution in [0.3, 0.4) is 0 Å². The first kappa shape index (κ1) is 13.8. The lowest BCUT2D eigenvalue weighted by molar-refractivity contribution is -0.387.